The van der Waals surface area contributed by atoms with E-state index in [-0.39, 0.29) is 0 Å². The van der Waals surface area contributed by atoms with E-state index in [9.17, 15) is 0 Å². The van der Waals surface area contributed by atoms with Gasteiger partial charge in [-0.25, -0.2) is 4.98 Å². The van der Waals surface area contributed by atoms with Crippen LogP contribution in [0.2, 0.25) is 0 Å². The first-order chi connectivity index (χ1) is 6.86. The van der Waals surface area contributed by atoms with E-state index < -0.39 is 0 Å². The second kappa shape index (κ2) is 4.39. The first kappa shape index (κ1) is 9.43. The Morgan fingerprint density at radius 2 is 2.43 bits per heavy atom. The Hall–Kier alpha value is -1.13. The van der Waals surface area contributed by atoms with Crippen molar-refractivity contribution in [1.29, 1.82) is 0 Å². The van der Waals surface area contributed by atoms with Gasteiger partial charge in [0.05, 0.1) is 11.2 Å². The second-order valence-corrected chi connectivity index (χ2v) is 3.91. The lowest BCUT2D eigenvalue weighted by molar-refractivity contribution is 0.648. The molecule has 0 aromatic carbocycles. The van der Waals surface area contributed by atoms with Crippen molar-refractivity contribution in [2.24, 2.45) is 7.05 Å². The first-order valence-electron chi connectivity index (χ1n) is 4.54. The van der Waals surface area contributed by atoms with Crippen molar-refractivity contribution in [2.45, 2.75) is 13.1 Å². The molecule has 0 saturated heterocycles. The number of aromatic nitrogens is 2. The molecule has 1 N–H and O–H groups in total. The van der Waals surface area contributed by atoms with Gasteiger partial charge in [-0.3, -0.25) is 0 Å². The molecule has 0 aliphatic rings. The number of hydrogen-bond acceptors (Lipinski definition) is 3. The number of nitrogens with one attached hydrogen (secondary N) is 1. The third-order valence-corrected chi connectivity index (χ3v) is 2.78. The van der Waals surface area contributed by atoms with E-state index in [1.54, 1.807) is 11.3 Å². The van der Waals surface area contributed by atoms with Crippen LogP contribution in [0.25, 0.3) is 0 Å². The van der Waals surface area contributed by atoms with Crippen molar-refractivity contribution in [3.63, 3.8) is 0 Å². The van der Waals surface area contributed by atoms with Crippen molar-refractivity contribution >= 4 is 11.3 Å². The second-order valence-electron chi connectivity index (χ2n) is 3.19. The largest absolute Gasteiger partial charge is 0.353 e. The van der Waals surface area contributed by atoms with Crippen LogP contribution in [0.3, 0.4) is 0 Å². The number of thiazole rings is 1. The molecule has 3 nitrogen and oxygen atoms in total. The lowest BCUT2D eigenvalue weighted by atomic mass is 10.4. The summed E-state index contributed by atoms with van der Waals surface area (Å²) in [6, 6.07) is 4.17. The monoisotopic (exact) mass is 207 g/mol. The van der Waals surface area contributed by atoms with Crippen molar-refractivity contribution in [1.82, 2.24) is 14.9 Å². The molecule has 0 amide bonds. The predicted molar refractivity (Wildman–Crippen MR) is 58.1 cm³/mol. The number of nitrogens with zero attached hydrogens (tertiary/aromatic N) is 2. The quantitative estimate of drug-likeness (QED) is 0.828. The van der Waals surface area contributed by atoms with Crippen LogP contribution in [0.5, 0.6) is 0 Å². The molecule has 2 aromatic heterocycles. The fraction of sp³-hybridized carbons (Fsp3) is 0.300. The highest BCUT2D eigenvalue weighted by Crippen LogP contribution is 2.02. The Bertz CT molecular complexity index is 378. The molecule has 2 heterocycles. The molecule has 0 spiro atoms. The highest BCUT2D eigenvalue weighted by atomic mass is 32.1. The molecule has 74 valence electrons. The van der Waals surface area contributed by atoms with Gasteiger partial charge >= 0.3 is 0 Å². The maximum Gasteiger partial charge on any atom is 0.0795 e. The lowest BCUT2D eigenvalue weighted by Crippen LogP contribution is -2.14. The van der Waals surface area contributed by atoms with E-state index >= 15 is 0 Å². The Morgan fingerprint density at radius 3 is 3.07 bits per heavy atom. The number of rotatable bonds is 4. The average Bonchev–Trinajstić information content (AvgIpc) is 2.78. The maximum absolute atomic E-state index is 4.21. The summed E-state index contributed by atoms with van der Waals surface area (Å²) in [7, 11) is 2.06. The SMILES string of the molecule is Cn1cccc1CNCc1cscn1. The summed E-state index contributed by atoms with van der Waals surface area (Å²) in [5.41, 5.74) is 4.27. The molecular weight excluding hydrogens is 194 g/mol. The van der Waals surface area contributed by atoms with Gasteiger partial charge in [0.25, 0.3) is 0 Å². The zero-order valence-electron chi connectivity index (χ0n) is 8.10. The molecule has 0 radical (unpaired) electrons. The van der Waals surface area contributed by atoms with E-state index in [4.69, 9.17) is 0 Å². The van der Waals surface area contributed by atoms with Crippen LogP contribution in [0.1, 0.15) is 11.4 Å². The van der Waals surface area contributed by atoms with Crippen LogP contribution in [0.4, 0.5) is 0 Å². The van der Waals surface area contributed by atoms with Crippen molar-refractivity contribution in [3.8, 4) is 0 Å². The van der Waals surface area contributed by atoms with Gasteiger partial charge in [0, 0.05) is 37.4 Å². The summed E-state index contributed by atoms with van der Waals surface area (Å²) in [4.78, 5) is 4.21. The highest BCUT2D eigenvalue weighted by Gasteiger charge is 1.97. The maximum atomic E-state index is 4.21. The van der Waals surface area contributed by atoms with Crippen LogP contribution >= 0.6 is 11.3 Å². The first-order valence-corrected chi connectivity index (χ1v) is 5.48. The number of aryl methyl sites for hydroxylation is 1. The summed E-state index contributed by atoms with van der Waals surface area (Å²) in [5, 5.41) is 5.42. The summed E-state index contributed by atoms with van der Waals surface area (Å²) in [6.07, 6.45) is 2.06. The molecule has 0 aliphatic carbocycles. The van der Waals surface area contributed by atoms with E-state index in [1.807, 2.05) is 5.51 Å². The van der Waals surface area contributed by atoms with Gasteiger partial charge in [-0.2, -0.15) is 0 Å². The average molecular weight is 207 g/mol. The molecule has 4 heteroatoms. The van der Waals surface area contributed by atoms with Gasteiger partial charge in [-0.15, -0.1) is 11.3 Å². The Labute approximate surface area is 87.4 Å². The molecule has 0 unspecified atom stereocenters. The molecular formula is C10H13N3S. The molecule has 0 atom stereocenters. The van der Waals surface area contributed by atoms with Gasteiger partial charge < -0.3 is 9.88 Å². The highest BCUT2D eigenvalue weighted by molar-refractivity contribution is 7.07. The number of hydrogen-bond donors (Lipinski definition) is 1. The third-order valence-electron chi connectivity index (χ3n) is 2.15. The summed E-state index contributed by atoms with van der Waals surface area (Å²) < 4.78 is 2.12. The predicted octanol–water partition coefficient (Wildman–Crippen LogP) is 1.77. The van der Waals surface area contributed by atoms with Crippen LogP contribution in [0, 0.1) is 0 Å². The van der Waals surface area contributed by atoms with E-state index in [0.29, 0.717) is 0 Å². The van der Waals surface area contributed by atoms with Gasteiger partial charge in [-0.1, -0.05) is 0 Å². The van der Waals surface area contributed by atoms with Gasteiger partial charge in [0.1, 0.15) is 0 Å². The van der Waals surface area contributed by atoms with Gasteiger partial charge in [0.15, 0.2) is 0 Å². The van der Waals surface area contributed by atoms with E-state index in [0.717, 1.165) is 18.8 Å². The van der Waals surface area contributed by atoms with Gasteiger partial charge in [-0.05, 0) is 12.1 Å². The fourth-order valence-electron chi connectivity index (χ4n) is 1.32. The van der Waals surface area contributed by atoms with Crippen LogP contribution < -0.4 is 5.32 Å². The van der Waals surface area contributed by atoms with Crippen LogP contribution in [0.15, 0.2) is 29.2 Å². The molecule has 0 fully saturated rings. The lowest BCUT2D eigenvalue weighted by Gasteiger charge is -2.03. The van der Waals surface area contributed by atoms with Crippen molar-refractivity contribution in [2.75, 3.05) is 0 Å². The van der Waals surface area contributed by atoms with E-state index in [1.165, 1.54) is 5.69 Å². The summed E-state index contributed by atoms with van der Waals surface area (Å²) in [6.45, 7) is 1.73. The fourth-order valence-corrected chi connectivity index (χ4v) is 1.88. The normalized spacial score (nSPS) is 10.6. The van der Waals surface area contributed by atoms with Crippen molar-refractivity contribution in [3.05, 3.63) is 40.6 Å². The van der Waals surface area contributed by atoms with Crippen LogP contribution in [-0.2, 0) is 20.1 Å². The minimum absolute atomic E-state index is 0.842. The standard InChI is InChI=1S/C10H13N3S/c1-13-4-2-3-10(13)6-11-5-9-7-14-8-12-9/h2-4,7-8,11H,5-6H2,1H3. The smallest absolute Gasteiger partial charge is 0.0795 e. The minimum Gasteiger partial charge on any atom is -0.353 e. The summed E-state index contributed by atoms with van der Waals surface area (Å²) in [5.74, 6) is 0. The Kier molecular flexibility index (Phi) is 2.96. The minimum atomic E-state index is 0.842. The zero-order valence-corrected chi connectivity index (χ0v) is 8.92. The Balaban J connectivity index is 1.81. The summed E-state index contributed by atoms with van der Waals surface area (Å²) >= 11 is 1.63. The molecule has 14 heavy (non-hydrogen) atoms. The molecule has 2 rings (SSSR count). The van der Waals surface area contributed by atoms with Crippen LogP contribution in [-0.4, -0.2) is 9.55 Å². The van der Waals surface area contributed by atoms with Gasteiger partial charge in [0.2, 0.25) is 0 Å². The molecule has 0 bridgehead atoms. The molecule has 0 saturated carbocycles. The zero-order chi connectivity index (χ0) is 9.80. The van der Waals surface area contributed by atoms with Crippen molar-refractivity contribution < 1.29 is 0 Å². The topological polar surface area (TPSA) is 29.9 Å². The molecule has 2 aromatic rings. The third kappa shape index (κ3) is 2.21. The Morgan fingerprint density at radius 1 is 1.50 bits per heavy atom. The van der Waals surface area contributed by atoms with E-state index in [2.05, 4.69) is 45.6 Å². The molecule has 0 aliphatic heterocycles.